The van der Waals surface area contributed by atoms with Gasteiger partial charge in [-0.15, -0.1) is 0 Å². The highest BCUT2D eigenvalue weighted by Crippen LogP contribution is 2.40. The van der Waals surface area contributed by atoms with E-state index in [-0.39, 0.29) is 23.8 Å². The zero-order valence-electron chi connectivity index (χ0n) is 15.3. The largest absolute Gasteiger partial charge is 0.462 e. The Labute approximate surface area is 143 Å². The van der Waals surface area contributed by atoms with Crippen LogP contribution in [0.1, 0.15) is 48.0 Å². The molecule has 1 aliphatic carbocycles. The van der Waals surface area contributed by atoms with E-state index >= 15 is 0 Å². The molecule has 1 atom stereocenters. The number of esters is 2. The summed E-state index contributed by atoms with van der Waals surface area (Å²) >= 11 is 0. The van der Waals surface area contributed by atoms with E-state index < -0.39 is 12.1 Å². The summed E-state index contributed by atoms with van der Waals surface area (Å²) in [4.78, 5) is 34.3. The molecule has 5 heteroatoms. The van der Waals surface area contributed by atoms with Gasteiger partial charge in [0.2, 0.25) is 0 Å². The highest BCUT2D eigenvalue weighted by atomic mass is 16.5. The monoisotopic (exact) mass is 334 g/mol. The summed E-state index contributed by atoms with van der Waals surface area (Å²) in [5, 5.41) is 0. The molecular formula is C19H26O5. The second kappa shape index (κ2) is 8.08. The van der Waals surface area contributed by atoms with Gasteiger partial charge in [-0.3, -0.25) is 14.4 Å². The normalized spacial score (nSPS) is 21.2. The fraction of sp³-hybridized carbons (Fsp3) is 0.526. The van der Waals surface area contributed by atoms with E-state index in [2.05, 4.69) is 0 Å². The Hall–Kier alpha value is -2.17. The van der Waals surface area contributed by atoms with Gasteiger partial charge in [0.1, 0.15) is 6.61 Å². The molecule has 0 aromatic rings. The summed E-state index contributed by atoms with van der Waals surface area (Å²) in [5.74, 6) is -0.914. The van der Waals surface area contributed by atoms with E-state index in [1.54, 1.807) is 13.0 Å². The fourth-order valence-corrected chi connectivity index (χ4v) is 2.77. The second-order valence-corrected chi connectivity index (χ2v) is 6.67. The van der Waals surface area contributed by atoms with Crippen molar-refractivity contribution < 1.29 is 23.9 Å². The second-order valence-electron chi connectivity index (χ2n) is 6.67. The molecule has 0 radical (unpaired) electrons. The first kappa shape index (κ1) is 19.9. The number of hydrogen-bond donors (Lipinski definition) is 0. The summed E-state index contributed by atoms with van der Waals surface area (Å²) in [6, 6.07) is 0. The third-order valence-electron chi connectivity index (χ3n) is 4.00. The quantitative estimate of drug-likeness (QED) is 0.570. The topological polar surface area (TPSA) is 69.7 Å². The lowest BCUT2D eigenvalue weighted by Gasteiger charge is -2.36. The van der Waals surface area contributed by atoms with Gasteiger partial charge < -0.3 is 9.47 Å². The molecule has 0 saturated heterocycles. The van der Waals surface area contributed by atoms with Crippen molar-refractivity contribution in [3.63, 3.8) is 0 Å². The molecule has 132 valence electrons. The smallest absolute Gasteiger partial charge is 0.303 e. The van der Waals surface area contributed by atoms with Crippen LogP contribution in [0, 0.1) is 5.41 Å². The number of ether oxygens (including phenoxy) is 2. The first-order valence-corrected chi connectivity index (χ1v) is 7.95. The van der Waals surface area contributed by atoms with Crippen molar-refractivity contribution >= 4 is 17.7 Å². The maximum Gasteiger partial charge on any atom is 0.303 e. The predicted molar refractivity (Wildman–Crippen MR) is 91.2 cm³/mol. The van der Waals surface area contributed by atoms with Gasteiger partial charge in [-0.2, -0.15) is 0 Å². The van der Waals surface area contributed by atoms with Gasteiger partial charge >= 0.3 is 11.9 Å². The summed E-state index contributed by atoms with van der Waals surface area (Å²) < 4.78 is 10.0. The lowest BCUT2D eigenvalue weighted by atomic mass is 9.71. The van der Waals surface area contributed by atoms with Gasteiger partial charge in [0.25, 0.3) is 0 Å². The molecule has 0 aliphatic heterocycles. The van der Waals surface area contributed by atoms with Gasteiger partial charge in [-0.25, -0.2) is 0 Å². The van der Waals surface area contributed by atoms with Crippen molar-refractivity contribution in [2.45, 2.75) is 54.1 Å². The molecule has 5 nitrogen and oxygen atoms in total. The first-order valence-electron chi connectivity index (χ1n) is 7.95. The van der Waals surface area contributed by atoms with Crippen molar-refractivity contribution in [2.75, 3.05) is 6.61 Å². The van der Waals surface area contributed by atoms with E-state index in [1.807, 2.05) is 32.9 Å². The summed E-state index contributed by atoms with van der Waals surface area (Å²) in [6.45, 7) is 10.6. The molecule has 0 amide bonds. The average molecular weight is 334 g/mol. The molecule has 0 spiro atoms. The number of Topliss-reactive ketones (excluding diaryl/α,β-unsaturated/α-hetero) is 1. The van der Waals surface area contributed by atoms with Crippen LogP contribution in [0.25, 0.3) is 0 Å². The summed E-state index contributed by atoms with van der Waals surface area (Å²) in [7, 11) is 0. The zero-order valence-corrected chi connectivity index (χ0v) is 15.3. The Bertz CT molecular complexity index is 620. The van der Waals surface area contributed by atoms with Crippen molar-refractivity contribution in [1.29, 1.82) is 0 Å². The number of rotatable bonds is 5. The molecule has 1 unspecified atom stereocenters. The average Bonchev–Trinajstić information content (AvgIpc) is 2.43. The fourth-order valence-electron chi connectivity index (χ4n) is 2.77. The minimum Gasteiger partial charge on any atom is -0.462 e. The van der Waals surface area contributed by atoms with Crippen LogP contribution >= 0.6 is 0 Å². The van der Waals surface area contributed by atoms with Crippen LogP contribution in [0.2, 0.25) is 0 Å². The zero-order chi connectivity index (χ0) is 18.5. The van der Waals surface area contributed by atoms with Gasteiger partial charge in [-0.1, -0.05) is 31.6 Å². The number of carbonyl (C=O) groups is 3. The van der Waals surface area contributed by atoms with Gasteiger partial charge in [0.15, 0.2) is 11.9 Å². The molecule has 0 fully saturated rings. The van der Waals surface area contributed by atoms with E-state index in [4.69, 9.17) is 9.47 Å². The molecule has 0 aromatic carbocycles. The first-order chi connectivity index (χ1) is 11.0. The van der Waals surface area contributed by atoms with Crippen molar-refractivity contribution in [3.05, 3.63) is 34.9 Å². The van der Waals surface area contributed by atoms with E-state index in [9.17, 15) is 14.4 Å². The van der Waals surface area contributed by atoms with Crippen LogP contribution in [-0.4, -0.2) is 30.4 Å². The summed E-state index contributed by atoms with van der Waals surface area (Å²) in [5.41, 5.74) is 2.18. The van der Waals surface area contributed by atoms with Crippen molar-refractivity contribution in [3.8, 4) is 0 Å². The van der Waals surface area contributed by atoms with Gasteiger partial charge in [0.05, 0.1) is 0 Å². The number of hydrogen-bond acceptors (Lipinski definition) is 5. The van der Waals surface area contributed by atoms with Crippen LogP contribution < -0.4 is 0 Å². The Morgan fingerprint density at radius 2 is 1.83 bits per heavy atom. The van der Waals surface area contributed by atoms with Crippen LogP contribution in [0.3, 0.4) is 0 Å². The van der Waals surface area contributed by atoms with Crippen LogP contribution in [0.4, 0.5) is 0 Å². The van der Waals surface area contributed by atoms with Crippen LogP contribution in [0.15, 0.2) is 34.9 Å². The van der Waals surface area contributed by atoms with Crippen LogP contribution in [-0.2, 0) is 23.9 Å². The molecule has 0 saturated carbocycles. The molecule has 1 rings (SSSR count). The minimum absolute atomic E-state index is 0.147. The van der Waals surface area contributed by atoms with Gasteiger partial charge in [-0.05, 0) is 36.5 Å². The Kier molecular flexibility index (Phi) is 6.70. The molecular weight excluding hydrogens is 308 g/mol. The number of ketones is 1. The van der Waals surface area contributed by atoms with E-state index in [0.717, 1.165) is 11.1 Å². The SMILES string of the molecule is CC(=O)OCC=C(C)C=CC1=C(C)C(=O)C(OC(C)=O)CC1(C)C. The Morgan fingerprint density at radius 1 is 1.21 bits per heavy atom. The van der Waals surface area contributed by atoms with E-state index in [0.29, 0.717) is 12.0 Å². The van der Waals surface area contributed by atoms with Crippen LogP contribution in [0.5, 0.6) is 0 Å². The highest BCUT2D eigenvalue weighted by molar-refractivity contribution is 6.01. The predicted octanol–water partition coefficient (Wildman–Crippen LogP) is 3.30. The standard InChI is InChI=1S/C19H26O5/c1-12(9-10-23-14(3)20)7-8-16-13(2)18(22)17(24-15(4)21)11-19(16,5)6/h7-9,17H,10-11H2,1-6H3. The lowest BCUT2D eigenvalue weighted by Crippen LogP contribution is -2.38. The molecule has 24 heavy (non-hydrogen) atoms. The molecule has 0 bridgehead atoms. The highest BCUT2D eigenvalue weighted by Gasteiger charge is 2.39. The third-order valence-corrected chi connectivity index (χ3v) is 4.00. The third kappa shape index (κ3) is 5.48. The number of carbonyl (C=O) groups excluding carboxylic acids is 3. The lowest BCUT2D eigenvalue weighted by molar-refractivity contribution is -0.153. The van der Waals surface area contributed by atoms with Crippen molar-refractivity contribution in [2.24, 2.45) is 5.41 Å². The molecule has 1 aliphatic rings. The molecule has 0 heterocycles. The molecule has 0 N–H and O–H groups in total. The van der Waals surface area contributed by atoms with Crippen molar-refractivity contribution in [1.82, 2.24) is 0 Å². The Morgan fingerprint density at radius 3 is 2.38 bits per heavy atom. The van der Waals surface area contributed by atoms with E-state index in [1.165, 1.54) is 13.8 Å². The maximum absolute atomic E-state index is 12.4. The molecule has 0 aromatic heterocycles. The maximum atomic E-state index is 12.4. The summed E-state index contributed by atoms with van der Waals surface area (Å²) in [6.07, 6.45) is 5.35. The van der Waals surface area contributed by atoms with Gasteiger partial charge in [0, 0.05) is 20.3 Å². The minimum atomic E-state index is -0.713. The Balaban J connectivity index is 2.98. The number of allylic oxidation sites excluding steroid dienone is 4.